The zero-order valence-electron chi connectivity index (χ0n) is 21.9. The van der Waals surface area contributed by atoms with E-state index in [9.17, 15) is 13.6 Å². The topological polar surface area (TPSA) is 86.9 Å². The molecule has 0 amide bonds. The van der Waals surface area contributed by atoms with E-state index in [4.69, 9.17) is 18.7 Å². The van der Waals surface area contributed by atoms with Crippen LogP contribution in [0.4, 0.5) is 14.6 Å². The maximum absolute atomic E-state index is 13.1. The van der Waals surface area contributed by atoms with Gasteiger partial charge in [0.25, 0.3) is 0 Å². The minimum absolute atomic E-state index is 0.0385. The van der Waals surface area contributed by atoms with Crippen molar-refractivity contribution in [3.8, 4) is 17.0 Å². The molecule has 0 unspecified atom stereocenters. The number of halogens is 2. The Bertz CT molecular complexity index is 1340. The molecule has 2 aromatic heterocycles. The van der Waals surface area contributed by atoms with Gasteiger partial charge in [0, 0.05) is 35.3 Å². The molecule has 3 atom stereocenters. The number of aromatic nitrogens is 2. The number of hydrogen-bond acceptors (Lipinski definition) is 8. The lowest BCUT2D eigenvalue weighted by Gasteiger charge is -2.39. The summed E-state index contributed by atoms with van der Waals surface area (Å²) in [5.74, 6) is 1.62. The van der Waals surface area contributed by atoms with Crippen molar-refractivity contribution in [1.29, 1.82) is 0 Å². The monoisotopic (exact) mass is 539 g/mol. The van der Waals surface area contributed by atoms with Crippen LogP contribution in [0.5, 0.6) is 5.75 Å². The molecule has 0 radical (unpaired) electrons. The van der Waals surface area contributed by atoms with Crippen molar-refractivity contribution in [3.63, 3.8) is 0 Å². The number of carbonyl (C=O) groups is 1. The lowest BCUT2D eigenvalue weighted by molar-refractivity contribution is -0.0494. The molecule has 2 bridgehead atoms. The summed E-state index contributed by atoms with van der Waals surface area (Å²) in [5, 5.41) is 4.28. The second kappa shape index (κ2) is 10.6. The third-order valence-electron chi connectivity index (χ3n) is 8.04. The van der Waals surface area contributed by atoms with Gasteiger partial charge in [-0.05, 0) is 69.2 Å². The van der Waals surface area contributed by atoms with E-state index in [0.717, 1.165) is 61.2 Å². The molecule has 3 fully saturated rings. The zero-order valence-corrected chi connectivity index (χ0v) is 21.9. The summed E-state index contributed by atoms with van der Waals surface area (Å²) < 4.78 is 48.0. The first kappa shape index (κ1) is 25.7. The highest BCUT2D eigenvalue weighted by Crippen LogP contribution is 2.46. The van der Waals surface area contributed by atoms with Gasteiger partial charge in [0.1, 0.15) is 23.0 Å². The van der Waals surface area contributed by atoms with Crippen molar-refractivity contribution in [2.75, 3.05) is 12.0 Å². The number of pyridine rings is 1. The van der Waals surface area contributed by atoms with Crippen LogP contribution in [0.15, 0.2) is 41.1 Å². The molecule has 3 aromatic rings. The number of hydrogen-bond donors (Lipinski definition) is 0. The van der Waals surface area contributed by atoms with Crippen LogP contribution in [-0.2, 0) is 16.1 Å². The van der Waals surface area contributed by atoms with Gasteiger partial charge in [-0.2, -0.15) is 8.78 Å². The average Bonchev–Trinajstić information content (AvgIpc) is 3.63. The normalized spacial score (nSPS) is 22.4. The zero-order chi connectivity index (χ0) is 27.1. The standard InChI is InChI=1S/C29H31F2N3O5/c1-16-11-25(32-14-22(16)28(35)36-2)34-18-9-10-19(34)13-20(12-18)37-15-23-26(33-39-27(23)17-7-8-17)21-5-3-4-6-24(21)38-29(30)31/h3-6,11,14,17-20,29H,7-10,12-13,15H2,1-2H3/t18-,19+,20+. The van der Waals surface area contributed by atoms with Crippen molar-refractivity contribution < 1.29 is 32.3 Å². The molecule has 1 aromatic carbocycles. The summed E-state index contributed by atoms with van der Waals surface area (Å²) in [6.07, 6.45) is 7.46. The van der Waals surface area contributed by atoms with Gasteiger partial charge >= 0.3 is 12.6 Å². The molecule has 4 heterocycles. The van der Waals surface area contributed by atoms with Crippen LogP contribution in [-0.4, -0.2) is 48.0 Å². The fourth-order valence-corrected chi connectivity index (χ4v) is 6.04. The van der Waals surface area contributed by atoms with Crippen LogP contribution >= 0.6 is 0 Å². The van der Waals surface area contributed by atoms with Gasteiger partial charge in [-0.25, -0.2) is 9.78 Å². The van der Waals surface area contributed by atoms with Crippen LogP contribution < -0.4 is 9.64 Å². The predicted octanol–water partition coefficient (Wildman–Crippen LogP) is 6.03. The molecule has 39 heavy (non-hydrogen) atoms. The predicted molar refractivity (Wildman–Crippen MR) is 138 cm³/mol. The molecule has 2 saturated heterocycles. The number of anilines is 1. The van der Waals surface area contributed by atoms with Gasteiger partial charge in [-0.3, -0.25) is 0 Å². The first-order valence-electron chi connectivity index (χ1n) is 13.4. The molecule has 206 valence electrons. The van der Waals surface area contributed by atoms with Crippen molar-refractivity contribution in [2.45, 2.75) is 82.8 Å². The van der Waals surface area contributed by atoms with Gasteiger partial charge in [-0.15, -0.1) is 0 Å². The molecule has 2 aliphatic heterocycles. The van der Waals surface area contributed by atoms with E-state index in [2.05, 4.69) is 15.0 Å². The summed E-state index contributed by atoms with van der Waals surface area (Å²) in [5.41, 5.74) is 3.10. The maximum atomic E-state index is 13.1. The first-order valence-corrected chi connectivity index (χ1v) is 13.4. The van der Waals surface area contributed by atoms with Gasteiger partial charge < -0.3 is 23.6 Å². The number of rotatable bonds is 9. The maximum Gasteiger partial charge on any atom is 0.387 e. The number of methoxy groups -OCH3 is 1. The number of aryl methyl sites for hydroxylation is 1. The molecule has 1 saturated carbocycles. The Morgan fingerprint density at radius 1 is 1.15 bits per heavy atom. The van der Waals surface area contributed by atoms with E-state index in [1.54, 1.807) is 24.4 Å². The number of nitrogens with zero attached hydrogens (tertiary/aromatic N) is 3. The molecular formula is C29H31F2N3O5. The van der Waals surface area contributed by atoms with E-state index in [1.165, 1.54) is 13.2 Å². The highest BCUT2D eigenvalue weighted by molar-refractivity contribution is 5.90. The summed E-state index contributed by atoms with van der Waals surface area (Å²) in [6.45, 7) is -0.743. The highest BCUT2D eigenvalue weighted by atomic mass is 19.3. The van der Waals surface area contributed by atoms with Crippen LogP contribution in [0.25, 0.3) is 11.3 Å². The van der Waals surface area contributed by atoms with E-state index in [-0.39, 0.29) is 35.8 Å². The minimum Gasteiger partial charge on any atom is -0.465 e. The summed E-state index contributed by atoms with van der Waals surface area (Å²) >= 11 is 0. The van der Waals surface area contributed by atoms with Gasteiger partial charge in [0.2, 0.25) is 0 Å². The third-order valence-corrected chi connectivity index (χ3v) is 8.04. The Labute approximate surface area is 225 Å². The minimum atomic E-state index is -2.93. The Morgan fingerprint density at radius 2 is 1.90 bits per heavy atom. The van der Waals surface area contributed by atoms with Crippen LogP contribution in [0.1, 0.15) is 71.7 Å². The number of carbonyl (C=O) groups excluding carboxylic acids is 1. The van der Waals surface area contributed by atoms with Gasteiger partial charge in [-0.1, -0.05) is 17.3 Å². The molecule has 0 N–H and O–H groups in total. The van der Waals surface area contributed by atoms with E-state index in [1.807, 2.05) is 13.0 Å². The van der Waals surface area contributed by atoms with Gasteiger partial charge in [0.15, 0.2) is 0 Å². The number of ether oxygens (including phenoxy) is 3. The SMILES string of the molecule is COC(=O)c1cnc(N2[C@@H]3CC[C@H]2C[C@@H](OCc2c(-c4ccccc4OC(F)F)noc2C2CC2)C3)cc1C. The Balaban J connectivity index is 1.18. The summed E-state index contributed by atoms with van der Waals surface area (Å²) in [6, 6.07) is 9.19. The molecular weight excluding hydrogens is 508 g/mol. The number of alkyl halides is 2. The largest absolute Gasteiger partial charge is 0.465 e. The van der Waals surface area contributed by atoms with Gasteiger partial charge in [0.05, 0.1) is 25.4 Å². The summed E-state index contributed by atoms with van der Waals surface area (Å²) in [7, 11) is 1.37. The molecule has 1 aliphatic carbocycles. The lowest BCUT2D eigenvalue weighted by atomic mass is 9.98. The second-order valence-electron chi connectivity index (χ2n) is 10.6. The lowest BCUT2D eigenvalue weighted by Crippen LogP contribution is -2.46. The fourth-order valence-electron chi connectivity index (χ4n) is 6.04. The van der Waals surface area contributed by atoms with Crippen LogP contribution in [0.3, 0.4) is 0 Å². The van der Waals surface area contributed by atoms with E-state index >= 15 is 0 Å². The quantitative estimate of drug-likeness (QED) is 0.305. The third kappa shape index (κ3) is 5.09. The molecule has 0 spiro atoms. The Morgan fingerprint density at radius 3 is 2.56 bits per heavy atom. The fraction of sp³-hybridized carbons (Fsp3) is 0.483. The number of piperidine rings is 1. The molecule has 3 aliphatic rings. The number of fused-ring (bicyclic) bond motifs is 2. The molecule has 10 heteroatoms. The summed E-state index contributed by atoms with van der Waals surface area (Å²) in [4.78, 5) is 18.9. The van der Waals surface area contributed by atoms with Crippen molar-refractivity contribution in [3.05, 3.63) is 59.0 Å². The second-order valence-corrected chi connectivity index (χ2v) is 10.6. The van der Waals surface area contributed by atoms with E-state index in [0.29, 0.717) is 23.4 Å². The average molecular weight is 540 g/mol. The van der Waals surface area contributed by atoms with Crippen molar-refractivity contribution >= 4 is 11.8 Å². The molecule has 8 nitrogen and oxygen atoms in total. The molecule has 6 rings (SSSR count). The Hall–Kier alpha value is -3.53. The highest BCUT2D eigenvalue weighted by Gasteiger charge is 2.42. The van der Waals surface area contributed by atoms with Crippen molar-refractivity contribution in [2.24, 2.45) is 0 Å². The number of benzene rings is 1. The smallest absolute Gasteiger partial charge is 0.387 e. The van der Waals surface area contributed by atoms with Crippen molar-refractivity contribution in [1.82, 2.24) is 10.1 Å². The first-order chi connectivity index (χ1) is 18.9. The van der Waals surface area contributed by atoms with Crippen LogP contribution in [0.2, 0.25) is 0 Å². The Kier molecular flexibility index (Phi) is 6.97. The number of esters is 1. The van der Waals surface area contributed by atoms with Crippen LogP contribution in [0, 0.1) is 6.92 Å². The van der Waals surface area contributed by atoms with E-state index < -0.39 is 6.61 Å². The number of para-hydroxylation sites is 1.